The summed E-state index contributed by atoms with van der Waals surface area (Å²) in [6.45, 7) is 0. The first-order valence-electron chi connectivity index (χ1n) is 8.40. The largest absolute Gasteiger partial charge is 0.433 e. The van der Waals surface area contributed by atoms with Gasteiger partial charge in [0.15, 0.2) is 11.6 Å². The van der Waals surface area contributed by atoms with Gasteiger partial charge in [0, 0.05) is 18.6 Å². The Hall–Kier alpha value is -3.00. The predicted octanol–water partition coefficient (Wildman–Crippen LogP) is 6.81. The van der Waals surface area contributed by atoms with E-state index in [1.54, 1.807) is 0 Å². The Bertz CT molecular complexity index is 1200. The summed E-state index contributed by atoms with van der Waals surface area (Å²) in [5.74, 6) is -3.97. The molecule has 0 unspecified atom stereocenters. The van der Waals surface area contributed by atoms with Gasteiger partial charge in [-0.1, -0.05) is 11.6 Å². The summed E-state index contributed by atoms with van der Waals surface area (Å²) >= 11 is 6.06. The fourth-order valence-electron chi connectivity index (χ4n) is 2.51. The van der Waals surface area contributed by atoms with E-state index in [-0.39, 0.29) is 6.07 Å². The molecule has 0 N–H and O–H groups in total. The number of carbonyl (C=O) groups is 1. The lowest BCUT2D eigenvalue weighted by molar-refractivity contribution is -0.145. The van der Waals surface area contributed by atoms with E-state index < -0.39 is 68.5 Å². The molecule has 3 rings (SSSR count). The van der Waals surface area contributed by atoms with Crippen molar-refractivity contribution in [2.24, 2.45) is 0 Å². The van der Waals surface area contributed by atoms with Crippen LogP contribution in [0.4, 0.5) is 45.6 Å². The zero-order valence-electron chi connectivity index (χ0n) is 15.9. The fraction of sp³-hybridized carbons (Fsp3) is 0.167. The van der Waals surface area contributed by atoms with E-state index >= 15 is 0 Å². The zero-order valence-corrected chi connectivity index (χ0v) is 17.4. The van der Waals surface area contributed by atoms with Gasteiger partial charge in [0.1, 0.15) is 32.8 Å². The third-order valence-corrected chi connectivity index (χ3v) is 5.17. The quantitative estimate of drug-likeness (QED) is 0.283. The van der Waals surface area contributed by atoms with E-state index in [1.165, 1.54) is 5.38 Å². The van der Waals surface area contributed by atoms with Crippen LogP contribution in [0.5, 0.6) is 5.75 Å². The van der Waals surface area contributed by atoms with Crippen LogP contribution >= 0.6 is 22.9 Å². The molecule has 1 aromatic carbocycles. The SMILES string of the molecule is CN(C(=O)Oc1c(C(F)(F)F)cc(C(F)(F)F)nc1-c1nccs1)c1ccc(F)c(Cl)c1F. The van der Waals surface area contributed by atoms with Crippen molar-refractivity contribution in [1.82, 2.24) is 9.97 Å². The Balaban J connectivity index is 2.15. The molecule has 0 aliphatic rings. The number of hydrogen-bond acceptors (Lipinski definition) is 5. The first-order chi connectivity index (χ1) is 15.2. The lowest BCUT2D eigenvalue weighted by Crippen LogP contribution is -2.31. The van der Waals surface area contributed by atoms with E-state index in [9.17, 15) is 39.9 Å². The molecule has 0 saturated carbocycles. The molecule has 0 aliphatic carbocycles. The average Bonchev–Trinajstić information content (AvgIpc) is 3.24. The van der Waals surface area contributed by atoms with Gasteiger partial charge in [0.05, 0.1) is 5.69 Å². The molecule has 3 aromatic rings. The number of benzene rings is 1. The minimum absolute atomic E-state index is 0.324. The second kappa shape index (κ2) is 8.74. The maximum absolute atomic E-state index is 14.2. The maximum Gasteiger partial charge on any atom is 0.433 e. The van der Waals surface area contributed by atoms with Gasteiger partial charge in [-0.15, -0.1) is 11.3 Å². The maximum atomic E-state index is 14.2. The molecule has 0 radical (unpaired) electrons. The van der Waals surface area contributed by atoms with Crippen LogP contribution in [0.15, 0.2) is 29.8 Å². The topological polar surface area (TPSA) is 55.3 Å². The van der Waals surface area contributed by atoms with Gasteiger partial charge in [0.25, 0.3) is 0 Å². The molecule has 2 aromatic heterocycles. The summed E-state index contributed by atoms with van der Waals surface area (Å²) in [4.78, 5) is 19.7. The first-order valence-corrected chi connectivity index (χ1v) is 9.66. The highest BCUT2D eigenvalue weighted by molar-refractivity contribution is 7.13. The van der Waals surface area contributed by atoms with Gasteiger partial charge in [-0.05, 0) is 18.2 Å². The van der Waals surface area contributed by atoms with E-state index in [2.05, 4.69) is 9.97 Å². The monoisotopic (exact) mass is 517 g/mol. The number of anilines is 1. The highest BCUT2D eigenvalue weighted by Crippen LogP contribution is 2.45. The van der Waals surface area contributed by atoms with Crippen LogP contribution in [0.3, 0.4) is 0 Å². The minimum atomic E-state index is -5.41. The Morgan fingerprint density at radius 3 is 2.33 bits per heavy atom. The molecular weight excluding hydrogens is 510 g/mol. The third kappa shape index (κ3) is 5.00. The van der Waals surface area contributed by atoms with Crippen LogP contribution in [-0.4, -0.2) is 23.1 Å². The van der Waals surface area contributed by atoms with Gasteiger partial charge in [-0.3, -0.25) is 4.90 Å². The third-order valence-electron chi connectivity index (χ3n) is 4.04. The number of alkyl halides is 6. The summed E-state index contributed by atoms with van der Waals surface area (Å²) < 4.78 is 113. The van der Waals surface area contributed by atoms with Crippen LogP contribution < -0.4 is 9.64 Å². The number of ether oxygens (including phenoxy) is 1. The number of amides is 1. The normalized spacial score (nSPS) is 12.1. The number of thiazole rings is 1. The van der Waals surface area contributed by atoms with E-state index in [0.717, 1.165) is 19.3 Å². The number of carbonyl (C=O) groups excluding carboxylic acids is 1. The number of nitrogens with zero attached hydrogens (tertiary/aromatic N) is 3. The average molecular weight is 518 g/mol. The summed E-state index contributed by atoms with van der Waals surface area (Å²) in [7, 11) is 0.864. The molecule has 2 heterocycles. The number of pyridine rings is 1. The van der Waals surface area contributed by atoms with Crippen molar-refractivity contribution < 1.29 is 44.7 Å². The van der Waals surface area contributed by atoms with Crippen LogP contribution in [0.2, 0.25) is 5.02 Å². The first kappa shape index (κ1) is 24.6. The molecule has 15 heteroatoms. The highest BCUT2D eigenvalue weighted by atomic mass is 35.5. The molecule has 0 saturated heterocycles. The molecule has 0 bridgehead atoms. The van der Waals surface area contributed by atoms with Gasteiger partial charge in [0.2, 0.25) is 0 Å². The molecule has 0 atom stereocenters. The Kier molecular flexibility index (Phi) is 6.53. The molecule has 1 amide bonds. The summed E-state index contributed by atoms with van der Waals surface area (Å²) in [6.07, 6.45) is -11.2. The van der Waals surface area contributed by atoms with Crippen molar-refractivity contribution in [3.05, 3.63) is 57.7 Å². The van der Waals surface area contributed by atoms with E-state index in [1.807, 2.05) is 0 Å². The van der Waals surface area contributed by atoms with Crippen molar-refractivity contribution in [3.8, 4) is 16.5 Å². The molecule has 176 valence electrons. The van der Waals surface area contributed by atoms with Crippen LogP contribution in [0, 0.1) is 11.6 Å². The molecule has 0 spiro atoms. The van der Waals surface area contributed by atoms with Gasteiger partial charge >= 0.3 is 18.4 Å². The van der Waals surface area contributed by atoms with Crippen LogP contribution in [-0.2, 0) is 12.4 Å². The predicted molar refractivity (Wildman–Crippen MR) is 101 cm³/mol. The van der Waals surface area contributed by atoms with Crippen LogP contribution in [0.25, 0.3) is 10.7 Å². The summed E-state index contributed by atoms with van der Waals surface area (Å²) in [5.41, 5.74) is -5.54. The van der Waals surface area contributed by atoms with Crippen LogP contribution in [0.1, 0.15) is 11.3 Å². The second-order valence-electron chi connectivity index (χ2n) is 6.19. The second-order valence-corrected chi connectivity index (χ2v) is 7.46. The fourth-order valence-corrected chi connectivity index (χ4v) is 3.29. The molecular formula is C18H8ClF8N3O2S. The number of hydrogen-bond donors (Lipinski definition) is 0. The van der Waals surface area contributed by atoms with Gasteiger partial charge < -0.3 is 4.74 Å². The van der Waals surface area contributed by atoms with Crippen molar-refractivity contribution >= 4 is 34.7 Å². The molecule has 5 nitrogen and oxygen atoms in total. The van der Waals surface area contributed by atoms with Crippen molar-refractivity contribution in [2.75, 3.05) is 11.9 Å². The van der Waals surface area contributed by atoms with Gasteiger partial charge in [-0.25, -0.2) is 23.5 Å². The Morgan fingerprint density at radius 1 is 1.12 bits per heavy atom. The molecule has 0 aliphatic heterocycles. The zero-order chi connectivity index (χ0) is 24.7. The number of halogens is 9. The Labute approximate surface area is 188 Å². The van der Waals surface area contributed by atoms with Crippen molar-refractivity contribution in [2.45, 2.75) is 12.4 Å². The highest BCUT2D eigenvalue weighted by Gasteiger charge is 2.43. The Morgan fingerprint density at radius 2 is 1.79 bits per heavy atom. The standard InChI is InChI=1S/C18H8ClF8N3O2S/c1-30(9-3-2-8(20)11(19)12(9)21)16(31)32-14-7(17(22,23)24)6-10(18(25,26)27)29-13(14)15-28-4-5-33-15/h2-6H,1H3. The molecule has 0 fully saturated rings. The summed E-state index contributed by atoms with van der Waals surface area (Å²) in [6, 6.07) is 1.12. The number of rotatable bonds is 3. The van der Waals surface area contributed by atoms with Gasteiger partial charge in [-0.2, -0.15) is 26.3 Å². The minimum Gasteiger partial charge on any atom is -0.407 e. The van der Waals surface area contributed by atoms with Crippen molar-refractivity contribution in [1.29, 1.82) is 0 Å². The lowest BCUT2D eigenvalue weighted by atomic mass is 10.1. The number of aromatic nitrogens is 2. The lowest BCUT2D eigenvalue weighted by Gasteiger charge is -2.21. The summed E-state index contributed by atoms with van der Waals surface area (Å²) in [5, 5.41) is -0.158. The van der Waals surface area contributed by atoms with E-state index in [0.29, 0.717) is 22.3 Å². The smallest absolute Gasteiger partial charge is 0.407 e. The molecule has 33 heavy (non-hydrogen) atoms. The van der Waals surface area contributed by atoms with E-state index in [4.69, 9.17) is 16.3 Å². The van der Waals surface area contributed by atoms with Crippen molar-refractivity contribution in [3.63, 3.8) is 0 Å².